The minimum absolute atomic E-state index is 0.297. The van der Waals surface area contributed by atoms with Crippen LogP contribution in [0, 0.1) is 0 Å². The van der Waals surface area contributed by atoms with Gasteiger partial charge in [0.1, 0.15) is 6.04 Å². The minimum atomic E-state index is -0.986. The second-order valence-corrected chi connectivity index (χ2v) is 4.78. The third kappa shape index (κ3) is 3.71. The molecule has 2 rings (SSSR count). The minimum Gasteiger partial charge on any atom is -0.468 e. The summed E-state index contributed by atoms with van der Waals surface area (Å²) in [5.74, 6) is -0.879. The summed E-state index contributed by atoms with van der Waals surface area (Å²) in [6.45, 7) is 0. The molecule has 5 nitrogen and oxygen atoms in total. The van der Waals surface area contributed by atoms with E-state index in [1.807, 2.05) is 24.3 Å². The van der Waals surface area contributed by atoms with Crippen molar-refractivity contribution in [3.8, 4) is 0 Å². The van der Waals surface area contributed by atoms with E-state index in [9.17, 15) is 9.59 Å². The molecule has 0 saturated carbocycles. The second kappa shape index (κ2) is 7.38. The number of benzene rings is 2. The molecule has 0 aliphatic rings. The lowest BCUT2D eigenvalue weighted by molar-refractivity contribution is -0.142. The Kier molecular flexibility index (Phi) is 5.27. The van der Waals surface area contributed by atoms with Crippen LogP contribution in [0.15, 0.2) is 60.7 Å². The molecule has 5 heteroatoms. The molecule has 0 fully saturated rings. The number of hydrogen-bond acceptors (Lipinski definition) is 4. The zero-order valence-electron chi connectivity index (χ0n) is 12.2. The Morgan fingerprint density at radius 3 is 2.09 bits per heavy atom. The number of amides is 1. The van der Waals surface area contributed by atoms with Crippen molar-refractivity contribution in [1.82, 2.24) is 5.32 Å². The van der Waals surface area contributed by atoms with Crippen molar-refractivity contribution >= 4 is 11.9 Å². The highest BCUT2D eigenvalue weighted by atomic mass is 16.5. The molecule has 0 heterocycles. The van der Waals surface area contributed by atoms with Gasteiger partial charge in [0.05, 0.1) is 13.2 Å². The lowest BCUT2D eigenvalue weighted by Crippen LogP contribution is -2.46. The Balaban J connectivity index is 2.25. The molecule has 1 amide bonds. The molecular weight excluding hydrogens is 280 g/mol. The Morgan fingerprint density at radius 1 is 1.00 bits per heavy atom. The predicted molar refractivity (Wildman–Crippen MR) is 83.1 cm³/mol. The molecule has 0 saturated heterocycles. The lowest BCUT2D eigenvalue weighted by Gasteiger charge is -2.23. The van der Waals surface area contributed by atoms with Crippen LogP contribution >= 0.6 is 0 Å². The van der Waals surface area contributed by atoms with Crippen molar-refractivity contribution in [2.45, 2.75) is 12.1 Å². The number of ether oxygens (including phenoxy) is 1. The number of esters is 1. The van der Waals surface area contributed by atoms with Gasteiger partial charge in [-0.2, -0.15) is 0 Å². The van der Waals surface area contributed by atoms with Gasteiger partial charge in [-0.1, -0.05) is 48.5 Å². The standard InChI is InChI=1S/C17H18N2O3/c1-22-17(21)14(18)15(12-8-4-2-5-9-12)19-16(20)13-10-6-3-7-11-13/h2-11,14-15H,18H2,1H3,(H,19,20)/t14-,15-/m0/s1. The Hall–Kier alpha value is -2.66. The van der Waals surface area contributed by atoms with Crippen LogP contribution < -0.4 is 11.1 Å². The van der Waals surface area contributed by atoms with Crippen molar-refractivity contribution in [2.24, 2.45) is 5.73 Å². The molecule has 0 radical (unpaired) electrons. The molecule has 0 spiro atoms. The normalized spacial score (nSPS) is 13.0. The number of carbonyl (C=O) groups excluding carboxylic acids is 2. The number of nitrogens with two attached hydrogens (primary N) is 1. The van der Waals surface area contributed by atoms with Gasteiger partial charge >= 0.3 is 5.97 Å². The smallest absolute Gasteiger partial charge is 0.325 e. The third-order valence-electron chi connectivity index (χ3n) is 3.31. The number of carbonyl (C=O) groups is 2. The fourth-order valence-corrected chi connectivity index (χ4v) is 2.13. The maximum atomic E-state index is 12.3. The van der Waals surface area contributed by atoms with Gasteiger partial charge in [-0.05, 0) is 17.7 Å². The van der Waals surface area contributed by atoms with Crippen molar-refractivity contribution in [3.63, 3.8) is 0 Å². The Morgan fingerprint density at radius 2 is 1.55 bits per heavy atom. The Bertz CT molecular complexity index is 629. The summed E-state index contributed by atoms with van der Waals surface area (Å²) in [5, 5.41) is 2.80. The van der Waals surface area contributed by atoms with E-state index in [4.69, 9.17) is 5.73 Å². The summed E-state index contributed by atoms with van der Waals surface area (Å²) in [5.41, 5.74) is 7.18. The molecule has 0 unspecified atom stereocenters. The molecule has 2 atom stereocenters. The number of rotatable bonds is 5. The summed E-state index contributed by atoms with van der Waals surface area (Å²) in [6, 6.07) is 16.2. The van der Waals surface area contributed by atoms with Gasteiger partial charge < -0.3 is 15.8 Å². The van der Waals surface area contributed by atoms with Gasteiger partial charge in [0, 0.05) is 5.56 Å². The SMILES string of the molecule is COC(=O)[C@@H](N)[C@@H](NC(=O)c1ccccc1)c1ccccc1. The van der Waals surface area contributed by atoms with Crippen LogP contribution in [0.1, 0.15) is 22.0 Å². The highest BCUT2D eigenvalue weighted by molar-refractivity contribution is 5.95. The molecule has 0 aliphatic heterocycles. The zero-order chi connectivity index (χ0) is 15.9. The highest BCUT2D eigenvalue weighted by Crippen LogP contribution is 2.17. The van der Waals surface area contributed by atoms with Crippen molar-refractivity contribution in [2.75, 3.05) is 7.11 Å². The van der Waals surface area contributed by atoms with Crippen LogP contribution in [0.2, 0.25) is 0 Å². The summed E-state index contributed by atoms with van der Waals surface area (Å²) in [6.07, 6.45) is 0. The molecule has 0 bridgehead atoms. The lowest BCUT2D eigenvalue weighted by atomic mass is 9.99. The van der Waals surface area contributed by atoms with E-state index < -0.39 is 18.1 Å². The van der Waals surface area contributed by atoms with Gasteiger partial charge in [-0.15, -0.1) is 0 Å². The van der Waals surface area contributed by atoms with Gasteiger partial charge in [0.15, 0.2) is 0 Å². The number of nitrogens with one attached hydrogen (secondary N) is 1. The molecule has 0 aromatic heterocycles. The van der Waals surface area contributed by atoms with Crippen LogP contribution in [-0.2, 0) is 9.53 Å². The molecule has 0 aliphatic carbocycles. The average Bonchev–Trinajstić information content (AvgIpc) is 2.59. The largest absolute Gasteiger partial charge is 0.468 e. The summed E-state index contributed by atoms with van der Waals surface area (Å²) in [4.78, 5) is 24.1. The van der Waals surface area contributed by atoms with Crippen LogP contribution in [0.4, 0.5) is 0 Å². The summed E-state index contributed by atoms with van der Waals surface area (Å²) >= 11 is 0. The molecule has 2 aromatic carbocycles. The van der Waals surface area contributed by atoms with E-state index >= 15 is 0 Å². The fraction of sp³-hybridized carbons (Fsp3) is 0.176. The first-order chi connectivity index (χ1) is 10.6. The maximum absolute atomic E-state index is 12.3. The molecule has 22 heavy (non-hydrogen) atoms. The van der Waals surface area contributed by atoms with Crippen LogP contribution in [-0.4, -0.2) is 25.0 Å². The van der Waals surface area contributed by atoms with Crippen LogP contribution in [0.25, 0.3) is 0 Å². The summed E-state index contributed by atoms with van der Waals surface area (Å²) < 4.78 is 4.69. The first-order valence-electron chi connectivity index (χ1n) is 6.87. The maximum Gasteiger partial charge on any atom is 0.325 e. The van der Waals surface area contributed by atoms with E-state index in [0.717, 1.165) is 5.56 Å². The summed E-state index contributed by atoms with van der Waals surface area (Å²) in [7, 11) is 1.27. The van der Waals surface area contributed by atoms with Gasteiger partial charge in [0.2, 0.25) is 0 Å². The van der Waals surface area contributed by atoms with Crippen molar-refractivity contribution < 1.29 is 14.3 Å². The molecule has 114 valence electrons. The average molecular weight is 298 g/mol. The molecular formula is C17H18N2O3. The quantitative estimate of drug-likeness (QED) is 0.823. The van der Waals surface area contributed by atoms with Gasteiger partial charge in [-0.3, -0.25) is 9.59 Å². The Labute approximate surface area is 129 Å². The first kappa shape index (κ1) is 15.7. The molecule has 2 aromatic rings. The second-order valence-electron chi connectivity index (χ2n) is 4.78. The van der Waals surface area contributed by atoms with Gasteiger partial charge in [-0.25, -0.2) is 0 Å². The zero-order valence-corrected chi connectivity index (χ0v) is 12.2. The highest BCUT2D eigenvalue weighted by Gasteiger charge is 2.28. The van der Waals surface area contributed by atoms with Crippen LogP contribution in [0.5, 0.6) is 0 Å². The first-order valence-corrected chi connectivity index (χ1v) is 6.87. The topological polar surface area (TPSA) is 81.4 Å². The third-order valence-corrected chi connectivity index (χ3v) is 3.31. The van der Waals surface area contributed by atoms with E-state index in [2.05, 4.69) is 10.1 Å². The van der Waals surface area contributed by atoms with E-state index in [1.54, 1.807) is 36.4 Å². The van der Waals surface area contributed by atoms with Crippen molar-refractivity contribution in [1.29, 1.82) is 0 Å². The molecule has 3 N–H and O–H groups in total. The van der Waals surface area contributed by atoms with E-state index in [-0.39, 0.29) is 5.91 Å². The van der Waals surface area contributed by atoms with Gasteiger partial charge in [0.25, 0.3) is 5.91 Å². The monoisotopic (exact) mass is 298 g/mol. The van der Waals surface area contributed by atoms with E-state index in [1.165, 1.54) is 7.11 Å². The fourth-order valence-electron chi connectivity index (χ4n) is 2.13. The number of hydrogen-bond donors (Lipinski definition) is 2. The number of methoxy groups -OCH3 is 1. The van der Waals surface area contributed by atoms with E-state index in [0.29, 0.717) is 5.56 Å². The van der Waals surface area contributed by atoms with Crippen molar-refractivity contribution in [3.05, 3.63) is 71.8 Å². The van der Waals surface area contributed by atoms with Crippen LogP contribution in [0.3, 0.4) is 0 Å². The predicted octanol–water partition coefficient (Wildman–Crippen LogP) is 1.66.